The van der Waals surface area contributed by atoms with Crippen molar-refractivity contribution in [2.45, 2.75) is 50.7 Å². The van der Waals surface area contributed by atoms with Crippen molar-refractivity contribution in [3.05, 3.63) is 34.9 Å². The van der Waals surface area contributed by atoms with E-state index in [4.69, 9.17) is 16.3 Å². The Morgan fingerprint density at radius 1 is 1.40 bits per heavy atom. The van der Waals surface area contributed by atoms with Crippen LogP contribution in [-0.4, -0.2) is 25.8 Å². The van der Waals surface area contributed by atoms with Crippen molar-refractivity contribution in [3.63, 3.8) is 0 Å². The van der Waals surface area contributed by atoms with Crippen LogP contribution in [0.4, 0.5) is 0 Å². The largest absolute Gasteiger partial charge is 0.377 e. The molecule has 0 spiro atoms. The molecule has 20 heavy (non-hydrogen) atoms. The van der Waals surface area contributed by atoms with Gasteiger partial charge in [0, 0.05) is 18.2 Å². The van der Waals surface area contributed by atoms with Crippen LogP contribution in [0.15, 0.2) is 24.3 Å². The lowest BCUT2D eigenvalue weighted by atomic mass is 9.74. The Kier molecular flexibility index (Phi) is 5.48. The van der Waals surface area contributed by atoms with Crippen LogP contribution in [-0.2, 0) is 11.2 Å². The number of ether oxygens (including phenoxy) is 1. The van der Waals surface area contributed by atoms with Gasteiger partial charge in [0.15, 0.2) is 0 Å². The molecule has 0 amide bonds. The number of methoxy groups -OCH3 is 1. The summed E-state index contributed by atoms with van der Waals surface area (Å²) in [5, 5.41) is 4.28. The summed E-state index contributed by atoms with van der Waals surface area (Å²) in [4.78, 5) is 0. The summed E-state index contributed by atoms with van der Waals surface area (Å²) >= 11 is 6.09. The van der Waals surface area contributed by atoms with E-state index in [1.54, 1.807) is 0 Å². The predicted octanol–water partition coefficient (Wildman–Crippen LogP) is 4.07. The average molecular weight is 296 g/mol. The molecule has 1 N–H and O–H groups in total. The highest BCUT2D eigenvalue weighted by molar-refractivity contribution is 6.30. The first-order chi connectivity index (χ1) is 9.59. The van der Waals surface area contributed by atoms with E-state index < -0.39 is 0 Å². The maximum Gasteiger partial charge on any atom is 0.0834 e. The van der Waals surface area contributed by atoms with E-state index in [1.165, 1.54) is 18.4 Å². The molecular weight excluding hydrogens is 270 g/mol. The van der Waals surface area contributed by atoms with Crippen molar-refractivity contribution < 1.29 is 4.74 Å². The molecule has 1 aliphatic carbocycles. The van der Waals surface area contributed by atoms with Crippen LogP contribution in [0.3, 0.4) is 0 Å². The Bertz CT molecular complexity index is 427. The second kappa shape index (κ2) is 6.93. The summed E-state index contributed by atoms with van der Waals surface area (Å²) in [6.45, 7) is 2.34. The monoisotopic (exact) mass is 295 g/mol. The van der Waals surface area contributed by atoms with E-state index in [9.17, 15) is 0 Å². The van der Waals surface area contributed by atoms with Gasteiger partial charge in [-0.3, -0.25) is 0 Å². The van der Waals surface area contributed by atoms with E-state index in [0.29, 0.717) is 6.04 Å². The Morgan fingerprint density at radius 2 is 2.10 bits per heavy atom. The highest BCUT2D eigenvalue weighted by Gasteiger charge is 2.40. The maximum absolute atomic E-state index is 6.09. The topological polar surface area (TPSA) is 21.3 Å². The van der Waals surface area contributed by atoms with Crippen LogP contribution < -0.4 is 5.32 Å². The van der Waals surface area contributed by atoms with Crippen LogP contribution in [0.25, 0.3) is 0 Å². The predicted molar refractivity (Wildman–Crippen MR) is 85.4 cm³/mol. The molecule has 2 rings (SSSR count). The second-order valence-corrected chi connectivity index (χ2v) is 6.56. The lowest BCUT2D eigenvalue weighted by Crippen LogP contribution is -2.54. The smallest absolute Gasteiger partial charge is 0.0834 e. The number of nitrogens with one attached hydrogen (secondary N) is 1. The molecule has 1 saturated carbocycles. The van der Waals surface area contributed by atoms with Gasteiger partial charge in [-0.2, -0.15) is 0 Å². The van der Waals surface area contributed by atoms with E-state index in [-0.39, 0.29) is 5.60 Å². The minimum absolute atomic E-state index is 0.0381. The van der Waals surface area contributed by atoms with E-state index >= 15 is 0 Å². The molecule has 0 aromatic heterocycles. The third kappa shape index (κ3) is 3.55. The van der Waals surface area contributed by atoms with Gasteiger partial charge in [0.25, 0.3) is 0 Å². The van der Waals surface area contributed by atoms with Crippen LogP contribution in [0, 0.1) is 5.92 Å². The van der Waals surface area contributed by atoms with Crippen molar-refractivity contribution in [2.75, 3.05) is 14.2 Å². The van der Waals surface area contributed by atoms with Gasteiger partial charge >= 0.3 is 0 Å². The van der Waals surface area contributed by atoms with Crippen LogP contribution in [0.2, 0.25) is 5.02 Å². The molecule has 3 heteroatoms. The lowest BCUT2D eigenvalue weighted by Gasteiger charge is -2.44. The first kappa shape index (κ1) is 15.8. The van der Waals surface area contributed by atoms with Gasteiger partial charge in [0.2, 0.25) is 0 Å². The zero-order valence-electron chi connectivity index (χ0n) is 12.8. The fraction of sp³-hybridized carbons (Fsp3) is 0.647. The van der Waals surface area contributed by atoms with Crippen LogP contribution >= 0.6 is 11.6 Å². The zero-order valence-corrected chi connectivity index (χ0v) is 13.5. The molecule has 1 aromatic rings. The van der Waals surface area contributed by atoms with E-state index in [2.05, 4.69) is 24.4 Å². The summed E-state index contributed by atoms with van der Waals surface area (Å²) in [6.07, 6.45) is 5.73. The number of hydrogen-bond acceptors (Lipinski definition) is 2. The average Bonchev–Trinajstić information content (AvgIpc) is 2.46. The van der Waals surface area contributed by atoms with Gasteiger partial charge in [0.1, 0.15) is 0 Å². The Balaban J connectivity index is 2.13. The molecule has 1 aliphatic rings. The molecule has 2 nitrogen and oxygen atoms in total. The number of likely N-dealkylation sites (N-methyl/N-ethyl adjacent to an activating group) is 1. The van der Waals surface area contributed by atoms with Crippen LogP contribution in [0.1, 0.15) is 38.2 Å². The highest BCUT2D eigenvalue weighted by Crippen LogP contribution is 2.37. The molecule has 0 aliphatic heterocycles. The van der Waals surface area contributed by atoms with Gasteiger partial charge in [-0.15, -0.1) is 0 Å². The Labute approximate surface area is 127 Å². The van der Waals surface area contributed by atoms with Crippen molar-refractivity contribution >= 4 is 11.6 Å². The molecule has 1 atom stereocenters. The molecule has 1 unspecified atom stereocenters. The van der Waals surface area contributed by atoms with Gasteiger partial charge in [-0.1, -0.05) is 30.7 Å². The first-order valence-electron chi connectivity index (χ1n) is 7.56. The normalized spacial score (nSPS) is 28.3. The number of benzene rings is 1. The maximum atomic E-state index is 6.09. The quantitative estimate of drug-likeness (QED) is 0.884. The molecule has 0 saturated heterocycles. The summed E-state index contributed by atoms with van der Waals surface area (Å²) in [5.74, 6) is 0.821. The molecule has 0 radical (unpaired) electrons. The molecule has 112 valence electrons. The van der Waals surface area contributed by atoms with Gasteiger partial charge in [-0.25, -0.2) is 0 Å². The molecule has 1 fully saturated rings. The Morgan fingerprint density at radius 3 is 2.65 bits per heavy atom. The fourth-order valence-corrected chi connectivity index (χ4v) is 3.61. The zero-order chi connectivity index (χ0) is 14.6. The van der Waals surface area contributed by atoms with E-state index in [0.717, 1.165) is 30.2 Å². The lowest BCUT2D eigenvalue weighted by molar-refractivity contribution is -0.0730. The second-order valence-electron chi connectivity index (χ2n) is 6.13. The molecule has 0 bridgehead atoms. The SMILES string of the molecule is CNC(Cc1cccc(Cl)c1)C1(OC)CCC(C)CC1. The van der Waals surface area contributed by atoms with Crippen LogP contribution in [0.5, 0.6) is 0 Å². The molecular formula is C17H26ClNO. The molecule has 1 aromatic carbocycles. The summed E-state index contributed by atoms with van der Waals surface area (Å²) in [6, 6.07) is 8.48. The van der Waals surface area contributed by atoms with Crippen molar-refractivity contribution in [3.8, 4) is 0 Å². The summed E-state index contributed by atoms with van der Waals surface area (Å²) < 4.78 is 5.99. The third-order valence-electron chi connectivity index (χ3n) is 4.84. The van der Waals surface area contributed by atoms with Crippen molar-refractivity contribution in [1.82, 2.24) is 5.32 Å². The fourth-order valence-electron chi connectivity index (χ4n) is 3.40. The van der Waals surface area contributed by atoms with Crippen molar-refractivity contribution in [2.24, 2.45) is 5.92 Å². The van der Waals surface area contributed by atoms with E-state index in [1.807, 2.05) is 26.3 Å². The van der Waals surface area contributed by atoms with Gasteiger partial charge in [-0.05, 0) is 62.8 Å². The summed E-state index contributed by atoms with van der Waals surface area (Å²) in [5.41, 5.74) is 1.23. The number of rotatable bonds is 5. The van der Waals surface area contributed by atoms with Gasteiger partial charge < -0.3 is 10.1 Å². The molecule has 0 heterocycles. The number of halogens is 1. The summed E-state index contributed by atoms with van der Waals surface area (Å²) in [7, 11) is 3.90. The van der Waals surface area contributed by atoms with Crippen molar-refractivity contribution in [1.29, 1.82) is 0 Å². The van der Waals surface area contributed by atoms with Gasteiger partial charge in [0.05, 0.1) is 5.60 Å². The minimum Gasteiger partial charge on any atom is -0.377 e. The minimum atomic E-state index is -0.0381. The first-order valence-corrected chi connectivity index (χ1v) is 7.94. The Hall–Kier alpha value is -0.570. The number of hydrogen-bond donors (Lipinski definition) is 1. The third-order valence-corrected chi connectivity index (χ3v) is 5.07. The highest BCUT2D eigenvalue weighted by atomic mass is 35.5. The standard InChI is InChI=1S/C17H26ClNO/c1-13-7-9-17(20-3,10-8-13)16(19-2)12-14-5-4-6-15(18)11-14/h4-6,11,13,16,19H,7-10,12H2,1-3H3.